The highest BCUT2D eigenvalue weighted by Gasteiger charge is 2.38. The summed E-state index contributed by atoms with van der Waals surface area (Å²) in [4.78, 5) is 12.7. The van der Waals surface area contributed by atoms with Gasteiger partial charge in [-0.25, -0.2) is 4.39 Å². The Labute approximate surface area is 130 Å². The molecule has 1 aromatic rings. The van der Waals surface area contributed by atoms with E-state index >= 15 is 0 Å². The molecule has 0 radical (unpaired) electrons. The van der Waals surface area contributed by atoms with Crippen molar-refractivity contribution in [2.45, 2.75) is 45.1 Å². The molecular weight excluding hydrogens is 287 g/mol. The quantitative estimate of drug-likeness (QED) is 0.844. The number of aryl methyl sites for hydroxylation is 1. The summed E-state index contributed by atoms with van der Waals surface area (Å²) in [6, 6.07) is 4.29. The van der Waals surface area contributed by atoms with E-state index in [1.165, 1.54) is 12.1 Å². The average Bonchev–Trinajstić information content (AvgIpc) is 2.40. The molecule has 0 aliphatic heterocycles. The molecule has 0 saturated heterocycles. The number of carbonyl (C=O) groups is 1. The number of hydrogen-bond donors (Lipinski definition) is 2. The summed E-state index contributed by atoms with van der Waals surface area (Å²) in [5.41, 5.74) is 6.25. The van der Waals surface area contributed by atoms with E-state index in [0.717, 1.165) is 25.7 Å². The van der Waals surface area contributed by atoms with Gasteiger partial charge in [-0.3, -0.25) is 4.79 Å². The summed E-state index contributed by atoms with van der Waals surface area (Å²) in [7, 11) is 0. The minimum atomic E-state index is -0.640. The van der Waals surface area contributed by atoms with Crippen molar-refractivity contribution in [1.29, 1.82) is 0 Å². The van der Waals surface area contributed by atoms with Crippen LogP contribution in [-0.4, -0.2) is 16.4 Å². The van der Waals surface area contributed by atoms with E-state index in [0.29, 0.717) is 22.0 Å². The van der Waals surface area contributed by atoms with Crippen molar-refractivity contribution in [3.63, 3.8) is 0 Å². The lowest BCUT2D eigenvalue weighted by Crippen LogP contribution is -2.58. The largest absolute Gasteiger partial charge is 0.391 e. The number of hydrogen-bond acceptors (Lipinski definition) is 2. The van der Waals surface area contributed by atoms with Crippen LogP contribution in [-0.2, 0) is 0 Å². The molecule has 1 fully saturated rings. The van der Waals surface area contributed by atoms with Gasteiger partial charge >= 0.3 is 0 Å². The van der Waals surface area contributed by atoms with E-state index < -0.39 is 11.4 Å². The fraction of sp³-hybridized carbons (Fsp3) is 0.500. The molecule has 0 spiro atoms. The zero-order valence-electron chi connectivity index (χ0n) is 12.4. The molecule has 0 unspecified atom stereocenters. The number of nitrogens with one attached hydrogen (secondary N) is 1. The van der Waals surface area contributed by atoms with Crippen LogP contribution in [0.1, 0.15) is 48.5 Å². The number of nitrogens with two attached hydrogens (primary N) is 1. The van der Waals surface area contributed by atoms with Gasteiger partial charge in [0, 0.05) is 5.56 Å². The Balaban J connectivity index is 2.21. The molecule has 3 nitrogen and oxygen atoms in total. The van der Waals surface area contributed by atoms with Crippen molar-refractivity contribution in [1.82, 2.24) is 5.32 Å². The van der Waals surface area contributed by atoms with Gasteiger partial charge in [0.25, 0.3) is 5.91 Å². The fourth-order valence-corrected chi connectivity index (χ4v) is 3.10. The zero-order valence-corrected chi connectivity index (χ0v) is 13.2. The van der Waals surface area contributed by atoms with Crippen LogP contribution in [0.15, 0.2) is 18.2 Å². The molecule has 5 heteroatoms. The van der Waals surface area contributed by atoms with E-state index in [4.69, 9.17) is 18.0 Å². The zero-order chi connectivity index (χ0) is 15.6. The third-order valence-corrected chi connectivity index (χ3v) is 4.65. The van der Waals surface area contributed by atoms with E-state index in [1.54, 1.807) is 13.0 Å². The van der Waals surface area contributed by atoms with E-state index in [2.05, 4.69) is 12.2 Å². The van der Waals surface area contributed by atoms with Gasteiger partial charge in [0.1, 0.15) is 5.82 Å². The molecule has 0 heterocycles. The molecule has 3 N–H and O–H groups in total. The highest BCUT2D eigenvalue weighted by atomic mass is 32.1. The summed E-state index contributed by atoms with van der Waals surface area (Å²) in [5.74, 6) is -0.123. The maximum absolute atomic E-state index is 13.4. The Hall–Kier alpha value is -1.49. The molecular formula is C16H21FN2OS. The van der Waals surface area contributed by atoms with Crippen LogP contribution in [0.25, 0.3) is 0 Å². The lowest BCUT2D eigenvalue weighted by Gasteiger charge is -2.39. The third kappa shape index (κ3) is 3.59. The van der Waals surface area contributed by atoms with Crippen molar-refractivity contribution in [2.24, 2.45) is 11.7 Å². The van der Waals surface area contributed by atoms with E-state index in [9.17, 15) is 9.18 Å². The molecule has 0 bridgehead atoms. The number of thiocarbonyl (C=S) groups is 1. The van der Waals surface area contributed by atoms with Gasteiger partial charge in [-0.2, -0.15) is 0 Å². The molecule has 0 atom stereocenters. The first kappa shape index (κ1) is 15.9. The first-order valence-corrected chi connectivity index (χ1v) is 7.63. The van der Waals surface area contributed by atoms with Crippen LogP contribution in [0.2, 0.25) is 0 Å². The fourth-order valence-electron chi connectivity index (χ4n) is 2.84. The van der Waals surface area contributed by atoms with Gasteiger partial charge in [0.2, 0.25) is 0 Å². The van der Waals surface area contributed by atoms with Crippen LogP contribution in [0.3, 0.4) is 0 Å². The molecule has 1 aromatic carbocycles. The highest BCUT2D eigenvalue weighted by molar-refractivity contribution is 7.80. The van der Waals surface area contributed by atoms with Gasteiger partial charge in [0.05, 0.1) is 10.5 Å². The van der Waals surface area contributed by atoms with Crippen LogP contribution in [0.5, 0.6) is 0 Å². The van der Waals surface area contributed by atoms with Gasteiger partial charge in [0.15, 0.2) is 0 Å². The first-order valence-electron chi connectivity index (χ1n) is 7.22. The van der Waals surface area contributed by atoms with Crippen molar-refractivity contribution in [3.8, 4) is 0 Å². The molecule has 1 aliphatic rings. The Bertz CT molecular complexity index is 545. The molecule has 114 valence electrons. The van der Waals surface area contributed by atoms with Crippen LogP contribution < -0.4 is 11.1 Å². The number of rotatable bonds is 3. The minimum absolute atomic E-state index is 0.307. The normalized spacial score (nSPS) is 25.4. The summed E-state index contributed by atoms with van der Waals surface area (Å²) >= 11 is 5.18. The van der Waals surface area contributed by atoms with Gasteiger partial charge in [-0.05, 0) is 62.3 Å². The standard InChI is InChI=1S/C16H21FN2OS/c1-10-3-5-16(6-4-10,15(18)21)19-14(20)12-7-11(2)8-13(17)9-12/h7-10H,3-6H2,1-2H3,(H2,18,21)(H,19,20). The van der Waals surface area contributed by atoms with Crippen LogP contribution >= 0.6 is 12.2 Å². The number of halogens is 1. The Kier molecular flexibility index (Phi) is 4.61. The molecule has 0 aromatic heterocycles. The van der Waals surface area contributed by atoms with Gasteiger partial charge < -0.3 is 11.1 Å². The first-order chi connectivity index (χ1) is 9.82. The van der Waals surface area contributed by atoms with Crippen molar-refractivity contribution < 1.29 is 9.18 Å². The van der Waals surface area contributed by atoms with Crippen molar-refractivity contribution >= 4 is 23.1 Å². The molecule has 21 heavy (non-hydrogen) atoms. The summed E-state index contributed by atoms with van der Waals surface area (Å²) in [6.07, 6.45) is 3.42. The van der Waals surface area contributed by atoms with Gasteiger partial charge in [-0.15, -0.1) is 0 Å². The monoisotopic (exact) mass is 308 g/mol. The van der Waals surface area contributed by atoms with Crippen molar-refractivity contribution in [3.05, 3.63) is 35.1 Å². The maximum Gasteiger partial charge on any atom is 0.252 e. The summed E-state index contributed by atoms with van der Waals surface area (Å²) in [5, 5.41) is 2.95. The lowest BCUT2D eigenvalue weighted by molar-refractivity contribution is 0.0900. The predicted octanol–water partition coefficient (Wildman–Crippen LogP) is 3.10. The van der Waals surface area contributed by atoms with Crippen molar-refractivity contribution in [2.75, 3.05) is 0 Å². The molecule has 1 aliphatic carbocycles. The van der Waals surface area contributed by atoms with Crippen LogP contribution in [0.4, 0.5) is 4.39 Å². The smallest absolute Gasteiger partial charge is 0.252 e. The van der Waals surface area contributed by atoms with E-state index in [-0.39, 0.29) is 5.91 Å². The topological polar surface area (TPSA) is 55.1 Å². The summed E-state index contributed by atoms with van der Waals surface area (Å²) in [6.45, 7) is 3.94. The molecule has 1 amide bonds. The second-order valence-corrected chi connectivity index (χ2v) is 6.54. The number of benzene rings is 1. The highest BCUT2D eigenvalue weighted by Crippen LogP contribution is 2.32. The van der Waals surface area contributed by atoms with Crippen LogP contribution in [0, 0.1) is 18.7 Å². The Morgan fingerprint density at radius 1 is 1.38 bits per heavy atom. The minimum Gasteiger partial charge on any atom is -0.391 e. The maximum atomic E-state index is 13.4. The SMILES string of the molecule is Cc1cc(F)cc(C(=O)NC2(C(N)=S)CCC(C)CC2)c1. The number of amides is 1. The Morgan fingerprint density at radius 3 is 2.52 bits per heavy atom. The molecule has 1 saturated carbocycles. The third-order valence-electron chi connectivity index (χ3n) is 4.26. The number of carbonyl (C=O) groups excluding carboxylic acids is 1. The molecule has 2 rings (SSSR count). The second kappa shape index (κ2) is 6.10. The average molecular weight is 308 g/mol. The predicted molar refractivity (Wildman–Crippen MR) is 85.8 cm³/mol. The summed E-state index contributed by atoms with van der Waals surface area (Å²) < 4.78 is 13.4. The lowest BCUT2D eigenvalue weighted by atomic mass is 9.77. The Morgan fingerprint density at radius 2 is 2.00 bits per heavy atom. The van der Waals surface area contributed by atoms with Gasteiger partial charge in [-0.1, -0.05) is 19.1 Å². The van der Waals surface area contributed by atoms with E-state index in [1.807, 2.05) is 0 Å². The second-order valence-electron chi connectivity index (χ2n) is 6.10.